The van der Waals surface area contributed by atoms with Gasteiger partial charge in [-0.25, -0.2) is 4.79 Å². The summed E-state index contributed by atoms with van der Waals surface area (Å²) < 4.78 is 5.57. The largest absolute Gasteiger partial charge is 0.478 e. The zero-order valence-corrected chi connectivity index (χ0v) is 20.3. The average molecular weight is 497 g/mol. The molecule has 0 atom stereocenters. The van der Waals surface area contributed by atoms with Crippen LogP contribution < -0.4 is 5.32 Å². The Kier molecular flexibility index (Phi) is 7.11. The van der Waals surface area contributed by atoms with E-state index >= 15 is 0 Å². The first kappa shape index (κ1) is 23.8. The fourth-order valence-corrected chi connectivity index (χ4v) is 5.02. The molecule has 4 aromatic rings. The summed E-state index contributed by atoms with van der Waals surface area (Å²) in [6.07, 6.45) is 1.73. The lowest BCUT2D eigenvalue weighted by atomic mass is 9.98. The molecule has 0 unspecified atom stereocenters. The maximum Gasteiger partial charge on any atom is 0.335 e. The fourth-order valence-electron chi connectivity index (χ4n) is 4.08. The van der Waals surface area contributed by atoms with Crippen LogP contribution in [0.15, 0.2) is 90.0 Å². The van der Waals surface area contributed by atoms with Crippen molar-refractivity contribution in [3.05, 3.63) is 107 Å². The van der Waals surface area contributed by atoms with Crippen molar-refractivity contribution in [2.45, 2.75) is 18.0 Å². The number of nitrogens with zero attached hydrogens (tertiary/aromatic N) is 1. The number of rotatable bonds is 6. The predicted molar refractivity (Wildman–Crippen MR) is 140 cm³/mol. The maximum atomic E-state index is 12.8. The molecule has 1 aliphatic rings. The van der Waals surface area contributed by atoms with Crippen molar-refractivity contribution in [3.63, 3.8) is 0 Å². The average Bonchev–Trinajstić information content (AvgIpc) is 3.17. The summed E-state index contributed by atoms with van der Waals surface area (Å²) in [7, 11) is 0. The summed E-state index contributed by atoms with van der Waals surface area (Å²) in [5.74, 6) is -0.218. The molecule has 180 valence electrons. The van der Waals surface area contributed by atoms with Crippen LogP contribution in [0.2, 0.25) is 0 Å². The smallest absolute Gasteiger partial charge is 0.335 e. The molecule has 0 radical (unpaired) electrons. The van der Waals surface area contributed by atoms with Crippen molar-refractivity contribution in [1.29, 1.82) is 0 Å². The molecule has 2 heterocycles. The van der Waals surface area contributed by atoms with Crippen molar-refractivity contribution in [3.8, 4) is 22.3 Å². The van der Waals surface area contributed by atoms with Gasteiger partial charge in [0, 0.05) is 22.4 Å². The van der Waals surface area contributed by atoms with Crippen LogP contribution in [0.3, 0.4) is 0 Å². The van der Waals surface area contributed by atoms with Gasteiger partial charge in [0.25, 0.3) is 5.91 Å². The van der Waals surface area contributed by atoms with E-state index in [0.29, 0.717) is 25.3 Å². The lowest BCUT2D eigenvalue weighted by Gasteiger charge is -2.10. The van der Waals surface area contributed by atoms with E-state index in [2.05, 4.69) is 10.3 Å². The topological polar surface area (TPSA) is 88.5 Å². The highest BCUT2D eigenvalue weighted by molar-refractivity contribution is 7.99. The van der Waals surface area contributed by atoms with Crippen LogP contribution in [0, 0.1) is 0 Å². The van der Waals surface area contributed by atoms with Gasteiger partial charge in [-0.3, -0.25) is 9.78 Å². The van der Waals surface area contributed by atoms with E-state index in [1.54, 1.807) is 36.2 Å². The first-order chi connectivity index (χ1) is 17.6. The molecule has 1 amide bonds. The van der Waals surface area contributed by atoms with E-state index in [0.717, 1.165) is 44.2 Å². The molecule has 0 bridgehead atoms. The highest BCUT2D eigenvalue weighted by Crippen LogP contribution is 2.28. The lowest BCUT2D eigenvalue weighted by molar-refractivity contribution is 0.0696. The molecule has 3 aromatic carbocycles. The molecule has 6 nitrogen and oxygen atoms in total. The highest BCUT2D eigenvalue weighted by Gasteiger charge is 2.13. The second kappa shape index (κ2) is 10.8. The van der Waals surface area contributed by atoms with Gasteiger partial charge in [0.1, 0.15) is 0 Å². The van der Waals surface area contributed by atoms with Gasteiger partial charge in [0.2, 0.25) is 0 Å². The maximum absolute atomic E-state index is 12.8. The van der Waals surface area contributed by atoms with Crippen molar-refractivity contribution in [2.24, 2.45) is 0 Å². The molecule has 1 aromatic heterocycles. The number of benzene rings is 3. The molecular weight excluding hydrogens is 472 g/mol. The lowest BCUT2D eigenvalue weighted by Crippen LogP contribution is -2.23. The Hall–Kier alpha value is -3.94. The van der Waals surface area contributed by atoms with Crippen LogP contribution in [0.25, 0.3) is 22.3 Å². The number of carbonyl (C=O) groups excluding carboxylic acids is 1. The van der Waals surface area contributed by atoms with Crippen molar-refractivity contribution in [1.82, 2.24) is 10.3 Å². The van der Waals surface area contributed by atoms with E-state index in [1.165, 1.54) is 0 Å². The summed E-state index contributed by atoms with van der Waals surface area (Å²) >= 11 is 1.71. The van der Waals surface area contributed by atoms with Crippen LogP contribution in [0.1, 0.15) is 32.0 Å². The molecule has 2 N–H and O–H groups in total. The number of nitrogens with one attached hydrogen (secondary N) is 1. The number of carboxylic acid groups (broad SMARTS) is 1. The monoisotopic (exact) mass is 496 g/mol. The summed E-state index contributed by atoms with van der Waals surface area (Å²) in [5, 5.41) is 12.3. The number of aromatic carboxylic acids is 1. The molecule has 0 aliphatic carbocycles. The normalized spacial score (nSPS) is 12.9. The van der Waals surface area contributed by atoms with Crippen molar-refractivity contribution in [2.75, 3.05) is 12.4 Å². The predicted octanol–water partition coefficient (Wildman–Crippen LogP) is 5.67. The van der Waals surface area contributed by atoms with Gasteiger partial charge in [-0.05, 0) is 70.3 Å². The molecule has 0 saturated carbocycles. The van der Waals surface area contributed by atoms with E-state index in [4.69, 9.17) is 4.74 Å². The van der Waals surface area contributed by atoms with Crippen LogP contribution in [-0.4, -0.2) is 34.3 Å². The Balaban J connectivity index is 1.31. The summed E-state index contributed by atoms with van der Waals surface area (Å²) in [4.78, 5) is 29.7. The summed E-state index contributed by atoms with van der Waals surface area (Å²) in [6.45, 7) is 1.59. The third kappa shape index (κ3) is 5.48. The van der Waals surface area contributed by atoms with Crippen LogP contribution >= 0.6 is 11.8 Å². The zero-order chi connectivity index (χ0) is 24.9. The van der Waals surface area contributed by atoms with Crippen LogP contribution in [0.4, 0.5) is 0 Å². The third-order valence-corrected chi connectivity index (χ3v) is 7.02. The zero-order valence-electron chi connectivity index (χ0n) is 19.4. The van der Waals surface area contributed by atoms with Crippen molar-refractivity contribution < 1.29 is 19.4 Å². The van der Waals surface area contributed by atoms with Gasteiger partial charge in [-0.15, -0.1) is 11.8 Å². The summed E-state index contributed by atoms with van der Waals surface area (Å²) in [6, 6.07) is 24.4. The molecular formula is C29H24N2O4S. The number of ether oxygens (including phenoxy) is 1. The molecule has 0 fully saturated rings. The Morgan fingerprint density at radius 2 is 1.64 bits per heavy atom. The number of carbonyl (C=O) groups is 2. The second-order valence-electron chi connectivity index (χ2n) is 8.41. The van der Waals surface area contributed by atoms with Crippen molar-refractivity contribution >= 4 is 23.6 Å². The van der Waals surface area contributed by atoms with Gasteiger partial charge in [0.05, 0.1) is 31.0 Å². The molecule has 1 aliphatic heterocycles. The minimum atomic E-state index is -0.951. The van der Waals surface area contributed by atoms with Gasteiger partial charge in [0.15, 0.2) is 0 Å². The minimum absolute atomic E-state index is 0.143. The molecule has 5 rings (SSSR count). The number of amides is 1. The number of pyridine rings is 1. The van der Waals surface area contributed by atoms with Gasteiger partial charge < -0.3 is 15.2 Å². The van der Waals surface area contributed by atoms with E-state index in [-0.39, 0.29) is 11.5 Å². The SMILES string of the molecule is O=C(O)c1cccc(-c2cccc(-c3ccnc(CNC(=O)c4ccc5c(c4)SCCOC5)c3)c2)c1. The molecule has 0 saturated heterocycles. The Morgan fingerprint density at radius 3 is 2.44 bits per heavy atom. The van der Waals surface area contributed by atoms with E-state index in [1.807, 2.05) is 60.7 Å². The highest BCUT2D eigenvalue weighted by atomic mass is 32.2. The third-order valence-electron chi connectivity index (χ3n) is 5.96. The second-order valence-corrected chi connectivity index (χ2v) is 9.55. The van der Waals surface area contributed by atoms with Gasteiger partial charge in [-0.1, -0.05) is 36.4 Å². The van der Waals surface area contributed by atoms with Gasteiger partial charge in [-0.2, -0.15) is 0 Å². The number of hydrogen-bond donors (Lipinski definition) is 2. The molecule has 36 heavy (non-hydrogen) atoms. The van der Waals surface area contributed by atoms with E-state index < -0.39 is 5.97 Å². The summed E-state index contributed by atoms with van der Waals surface area (Å²) in [5.41, 5.74) is 6.44. The van der Waals surface area contributed by atoms with Crippen LogP contribution in [0.5, 0.6) is 0 Å². The minimum Gasteiger partial charge on any atom is -0.478 e. The fraction of sp³-hybridized carbons (Fsp3) is 0.138. The number of aromatic nitrogens is 1. The molecule has 7 heteroatoms. The Morgan fingerprint density at radius 1 is 0.889 bits per heavy atom. The van der Waals surface area contributed by atoms with Gasteiger partial charge >= 0.3 is 5.97 Å². The number of hydrogen-bond acceptors (Lipinski definition) is 5. The quantitative estimate of drug-likeness (QED) is 0.358. The number of thioether (sulfide) groups is 1. The molecule has 0 spiro atoms. The number of fused-ring (bicyclic) bond motifs is 1. The first-order valence-electron chi connectivity index (χ1n) is 11.6. The Labute approximate surface area is 213 Å². The first-order valence-corrected chi connectivity index (χ1v) is 12.6. The van der Waals surface area contributed by atoms with E-state index in [9.17, 15) is 14.7 Å². The Bertz CT molecular complexity index is 1440. The van der Waals surface area contributed by atoms with Crippen LogP contribution in [-0.2, 0) is 17.9 Å². The number of carboxylic acids is 1. The standard InChI is InChI=1S/C29H24N2O4S/c32-28(23-7-8-25-18-35-11-12-36-27(25)16-23)31-17-26-15-22(9-10-30-26)20-4-1-3-19(13-20)21-5-2-6-24(14-21)29(33)34/h1-10,13-16H,11-12,17-18H2,(H,31,32)(H,33,34).